The Bertz CT molecular complexity index is 480. The molecule has 0 saturated heterocycles. The molecule has 0 heterocycles. The Hall–Kier alpha value is -1.42. The second kappa shape index (κ2) is 5.06. The first kappa shape index (κ1) is 13.0. The number of likely N-dealkylation sites (N-methyl/N-ethyl adjacent to an activating group) is 1. The number of fused-ring (bicyclic) bond motifs is 1. The van der Waals surface area contributed by atoms with Gasteiger partial charge in [-0.05, 0) is 23.8 Å². The van der Waals surface area contributed by atoms with E-state index in [1.54, 1.807) is 0 Å². The van der Waals surface area contributed by atoms with Crippen molar-refractivity contribution in [2.45, 2.75) is 18.6 Å². The van der Waals surface area contributed by atoms with Crippen LogP contribution in [0.1, 0.15) is 16.7 Å². The normalized spacial score (nSPS) is 17.4. The summed E-state index contributed by atoms with van der Waals surface area (Å²) >= 11 is 0. The fourth-order valence-electron chi connectivity index (χ4n) is 2.88. The maximum Gasteiger partial charge on any atom is 0.0464 e. The number of benzene rings is 1. The minimum atomic E-state index is -0.808. The summed E-state index contributed by atoms with van der Waals surface area (Å²) in [6, 6.07) is 4.33. The summed E-state index contributed by atoms with van der Waals surface area (Å²) in [5.41, 5.74) is 7.24. The first-order valence-electron chi connectivity index (χ1n) is 6.55. The summed E-state index contributed by atoms with van der Waals surface area (Å²) in [6.45, 7) is 4.83. The van der Waals surface area contributed by atoms with Gasteiger partial charge in [-0.2, -0.15) is 0 Å². The third-order valence-corrected chi connectivity index (χ3v) is 5.75. The van der Waals surface area contributed by atoms with E-state index in [-0.39, 0.29) is 0 Å². The Balaban J connectivity index is 2.63. The van der Waals surface area contributed by atoms with E-state index in [4.69, 9.17) is 0 Å². The van der Waals surface area contributed by atoms with E-state index in [1.165, 1.54) is 28.2 Å². The zero-order valence-electron chi connectivity index (χ0n) is 11.9. The highest BCUT2D eigenvalue weighted by Crippen LogP contribution is 2.44. The Morgan fingerprint density at radius 3 is 2.06 bits per heavy atom. The Labute approximate surface area is 111 Å². The number of rotatable bonds is 4. The fraction of sp³-hybridized carbons (Fsp3) is 0.429. The lowest BCUT2D eigenvalue weighted by Crippen LogP contribution is -2.23. The number of hydrogen-bond acceptors (Lipinski definition) is 3. The number of hydrogen-bond donors (Lipinski definition) is 3. The average molecular weight is 261 g/mol. The van der Waals surface area contributed by atoms with Crippen molar-refractivity contribution in [2.75, 3.05) is 31.8 Å². The predicted octanol–water partition coefficient (Wildman–Crippen LogP) is 2.45. The summed E-state index contributed by atoms with van der Waals surface area (Å²) in [4.78, 5) is 0. The van der Waals surface area contributed by atoms with Crippen molar-refractivity contribution in [3.05, 3.63) is 29.0 Å². The molecule has 1 atom stereocenters. The molecule has 1 aromatic carbocycles. The van der Waals surface area contributed by atoms with Gasteiger partial charge in [-0.15, -0.1) is 0 Å². The maximum absolute atomic E-state index is 3.39. The van der Waals surface area contributed by atoms with Crippen molar-refractivity contribution >= 4 is 26.2 Å². The van der Waals surface area contributed by atoms with E-state index in [2.05, 4.69) is 47.3 Å². The number of nitrogens with one attached hydrogen (secondary N) is 3. The molecule has 1 unspecified atom stereocenters. The van der Waals surface area contributed by atoms with Crippen molar-refractivity contribution in [1.82, 2.24) is 5.32 Å². The summed E-state index contributed by atoms with van der Waals surface area (Å²) in [6.07, 6.45) is 2.31. The van der Waals surface area contributed by atoms with Crippen LogP contribution in [0.4, 0.5) is 11.4 Å². The summed E-state index contributed by atoms with van der Waals surface area (Å²) < 4.78 is 0. The highest BCUT2D eigenvalue weighted by Gasteiger charge is 2.31. The van der Waals surface area contributed by atoms with Crippen LogP contribution in [0.2, 0.25) is 13.1 Å². The van der Waals surface area contributed by atoms with E-state index in [9.17, 15) is 0 Å². The van der Waals surface area contributed by atoms with Gasteiger partial charge in [0, 0.05) is 58.1 Å². The van der Waals surface area contributed by atoms with Crippen molar-refractivity contribution in [3.63, 3.8) is 0 Å². The standard InChI is InChI=1S/C14H23N3Si/c1-15-10-6-7-11(16-2)13-9(10)8-12(17-3)14(13)18(4)5/h6-8,14-18H,1-5H3. The minimum Gasteiger partial charge on any atom is -0.391 e. The van der Waals surface area contributed by atoms with Crippen LogP contribution in [-0.2, 0) is 0 Å². The van der Waals surface area contributed by atoms with Crippen molar-refractivity contribution in [1.29, 1.82) is 0 Å². The lowest BCUT2D eigenvalue weighted by Gasteiger charge is -2.23. The van der Waals surface area contributed by atoms with Gasteiger partial charge in [0.1, 0.15) is 0 Å². The van der Waals surface area contributed by atoms with Crippen LogP contribution in [-0.4, -0.2) is 29.9 Å². The van der Waals surface area contributed by atoms with Crippen LogP contribution in [0.15, 0.2) is 17.8 Å². The molecule has 1 aromatic rings. The van der Waals surface area contributed by atoms with Crippen molar-refractivity contribution in [2.24, 2.45) is 0 Å². The Morgan fingerprint density at radius 2 is 1.56 bits per heavy atom. The highest BCUT2D eigenvalue weighted by atomic mass is 28.3. The van der Waals surface area contributed by atoms with Crippen LogP contribution < -0.4 is 16.0 Å². The van der Waals surface area contributed by atoms with Crippen LogP contribution >= 0.6 is 0 Å². The molecule has 0 saturated carbocycles. The van der Waals surface area contributed by atoms with E-state index in [0.29, 0.717) is 5.54 Å². The van der Waals surface area contributed by atoms with Gasteiger partial charge in [0.2, 0.25) is 0 Å². The number of anilines is 2. The molecule has 0 bridgehead atoms. The summed E-state index contributed by atoms with van der Waals surface area (Å²) in [7, 11) is 5.21. The van der Waals surface area contributed by atoms with Gasteiger partial charge in [-0.25, -0.2) is 0 Å². The Kier molecular flexibility index (Phi) is 3.66. The molecule has 0 radical (unpaired) electrons. The molecular weight excluding hydrogens is 238 g/mol. The summed E-state index contributed by atoms with van der Waals surface area (Å²) in [5.74, 6) is 0. The first-order valence-corrected chi connectivity index (χ1v) is 9.53. The highest BCUT2D eigenvalue weighted by molar-refractivity contribution is 6.59. The molecule has 2 rings (SSSR count). The summed E-state index contributed by atoms with van der Waals surface area (Å²) in [5, 5.41) is 10.0. The molecule has 1 aliphatic carbocycles. The predicted molar refractivity (Wildman–Crippen MR) is 84.2 cm³/mol. The third kappa shape index (κ3) is 1.90. The maximum atomic E-state index is 3.39. The lowest BCUT2D eigenvalue weighted by molar-refractivity contribution is 0.914. The van der Waals surface area contributed by atoms with Gasteiger partial charge < -0.3 is 16.0 Å². The second-order valence-corrected chi connectivity index (χ2v) is 8.21. The molecule has 4 heteroatoms. The molecule has 1 aliphatic rings. The van der Waals surface area contributed by atoms with Crippen molar-refractivity contribution in [3.8, 4) is 0 Å². The van der Waals surface area contributed by atoms with Crippen molar-refractivity contribution < 1.29 is 0 Å². The third-order valence-electron chi connectivity index (χ3n) is 3.73. The monoisotopic (exact) mass is 261 g/mol. The van der Waals surface area contributed by atoms with Crippen LogP contribution in [0.5, 0.6) is 0 Å². The molecular formula is C14H23N3Si. The SMILES string of the molecule is CNC1=Cc2c(NC)ccc(NC)c2C1[SiH](C)C. The van der Waals surface area contributed by atoms with Gasteiger partial charge >= 0.3 is 0 Å². The molecule has 0 spiro atoms. The van der Waals surface area contributed by atoms with Crippen LogP contribution in [0.25, 0.3) is 6.08 Å². The quantitative estimate of drug-likeness (QED) is 0.729. The van der Waals surface area contributed by atoms with Crippen LogP contribution in [0.3, 0.4) is 0 Å². The second-order valence-electron chi connectivity index (χ2n) is 5.06. The largest absolute Gasteiger partial charge is 0.391 e. The zero-order valence-corrected chi connectivity index (χ0v) is 13.0. The van der Waals surface area contributed by atoms with Gasteiger partial charge in [-0.1, -0.05) is 13.1 Å². The fourth-order valence-corrected chi connectivity index (χ4v) is 4.89. The molecule has 98 valence electrons. The molecule has 3 nitrogen and oxygen atoms in total. The molecule has 0 aromatic heterocycles. The van der Waals surface area contributed by atoms with E-state index >= 15 is 0 Å². The van der Waals surface area contributed by atoms with Gasteiger partial charge in [0.15, 0.2) is 0 Å². The molecule has 0 amide bonds. The average Bonchev–Trinajstić information content (AvgIpc) is 2.76. The number of allylic oxidation sites excluding steroid dienone is 1. The van der Waals surface area contributed by atoms with Crippen LogP contribution in [0, 0.1) is 0 Å². The van der Waals surface area contributed by atoms with E-state index in [0.717, 1.165) is 0 Å². The zero-order chi connectivity index (χ0) is 13.3. The Morgan fingerprint density at radius 1 is 0.944 bits per heavy atom. The topological polar surface area (TPSA) is 36.1 Å². The van der Waals surface area contributed by atoms with Gasteiger partial charge in [0.05, 0.1) is 0 Å². The van der Waals surface area contributed by atoms with Gasteiger partial charge in [-0.3, -0.25) is 0 Å². The smallest absolute Gasteiger partial charge is 0.0464 e. The van der Waals surface area contributed by atoms with E-state index in [1.807, 2.05) is 21.1 Å². The van der Waals surface area contributed by atoms with Gasteiger partial charge in [0.25, 0.3) is 0 Å². The minimum absolute atomic E-state index is 0.584. The lowest BCUT2D eigenvalue weighted by atomic mass is 10.0. The molecule has 3 N–H and O–H groups in total. The van der Waals surface area contributed by atoms with E-state index < -0.39 is 8.80 Å². The molecule has 18 heavy (non-hydrogen) atoms. The first-order chi connectivity index (χ1) is 8.63. The molecule has 0 fully saturated rings. The molecule has 0 aliphatic heterocycles.